The third kappa shape index (κ3) is 3.94. The summed E-state index contributed by atoms with van der Waals surface area (Å²) in [4.78, 5) is 19.6. The number of nitrogens with zero attached hydrogens (tertiary/aromatic N) is 1. The van der Waals surface area contributed by atoms with Crippen LogP contribution < -0.4 is 5.32 Å². The SMILES string of the molecule is COCC1(CNC(=O)COCc2nc3ccc(C)cc3[nH]2)CCC1. The van der Waals surface area contributed by atoms with Gasteiger partial charge in [-0.05, 0) is 37.5 Å². The Balaban J connectivity index is 1.42. The van der Waals surface area contributed by atoms with Crippen LogP contribution >= 0.6 is 0 Å². The molecule has 6 nitrogen and oxygen atoms in total. The highest BCUT2D eigenvalue weighted by Gasteiger charge is 2.37. The van der Waals surface area contributed by atoms with Crippen molar-refractivity contribution in [2.75, 3.05) is 26.9 Å². The van der Waals surface area contributed by atoms with Gasteiger partial charge in [-0.1, -0.05) is 12.5 Å². The summed E-state index contributed by atoms with van der Waals surface area (Å²) in [5.74, 6) is 0.641. The highest BCUT2D eigenvalue weighted by molar-refractivity contribution is 5.77. The van der Waals surface area contributed by atoms with Gasteiger partial charge in [-0.3, -0.25) is 4.79 Å². The number of aromatic amines is 1. The highest BCUT2D eigenvalue weighted by atomic mass is 16.5. The molecule has 3 rings (SSSR count). The van der Waals surface area contributed by atoms with Gasteiger partial charge in [-0.25, -0.2) is 4.98 Å². The van der Waals surface area contributed by atoms with Crippen LogP contribution in [0.3, 0.4) is 0 Å². The van der Waals surface area contributed by atoms with Crippen LogP contribution in [0.5, 0.6) is 0 Å². The van der Waals surface area contributed by atoms with Crippen molar-refractivity contribution in [2.45, 2.75) is 32.8 Å². The quantitative estimate of drug-likeness (QED) is 0.778. The molecule has 0 atom stereocenters. The van der Waals surface area contributed by atoms with Gasteiger partial charge in [0.25, 0.3) is 0 Å². The van der Waals surface area contributed by atoms with Crippen molar-refractivity contribution in [3.63, 3.8) is 0 Å². The molecular formula is C18H25N3O3. The predicted molar refractivity (Wildman–Crippen MR) is 91.7 cm³/mol. The summed E-state index contributed by atoms with van der Waals surface area (Å²) >= 11 is 0. The van der Waals surface area contributed by atoms with Crippen molar-refractivity contribution in [1.82, 2.24) is 15.3 Å². The summed E-state index contributed by atoms with van der Waals surface area (Å²) in [6, 6.07) is 6.05. The number of aryl methyl sites for hydroxylation is 1. The molecule has 1 amide bonds. The van der Waals surface area contributed by atoms with Crippen LogP contribution in [-0.4, -0.2) is 42.7 Å². The second-order valence-electron chi connectivity index (χ2n) is 6.76. The van der Waals surface area contributed by atoms with Crippen LogP contribution in [0.4, 0.5) is 0 Å². The number of carbonyl (C=O) groups is 1. The number of H-pyrrole nitrogens is 1. The third-order valence-corrected chi connectivity index (χ3v) is 4.68. The minimum Gasteiger partial charge on any atom is -0.384 e. The largest absolute Gasteiger partial charge is 0.384 e. The Hall–Kier alpha value is -1.92. The third-order valence-electron chi connectivity index (χ3n) is 4.68. The minimum absolute atomic E-state index is 0.0408. The van der Waals surface area contributed by atoms with E-state index < -0.39 is 0 Å². The molecule has 0 bridgehead atoms. The molecule has 0 saturated heterocycles. The number of carbonyl (C=O) groups excluding carboxylic acids is 1. The van der Waals surface area contributed by atoms with Gasteiger partial charge in [-0.15, -0.1) is 0 Å². The first-order valence-corrected chi connectivity index (χ1v) is 8.39. The topological polar surface area (TPSA) is 76.2 Å². The van der Waals surface area contributed by atoms with Crippen molar-refractivity contribution < 1.29 is 14.3 Å². The number of hydrogen-bond donors (Lipinski definition) is 2. The predicted octanol–water partition coefficient (Wildman–Crippen LogP) is 2.32. The lowest BCUT2D eigenvalue weighted by molar-refractivity contribution is -0.127. The van der Waals surface area contributed by atoms with E-state index in [9.17, 15) is 4.79 Å². The van der Waals surface area contributed by atoms with Gasteiger partial charge in [0, 0.05) is 19.1 Å². The molecular weight excluding hydrogens is 306 g/mol. The van der Waals surface area contributed by atoms with E-state index in [4.69, 9.17) is 9.47 Å². The van der Waals surface area contributed by atoms with Crippen LogP contribution in [0.1, 0.15) is 30.7 Å². The number of ether oxygens (including phenoxy) is 2. The van der Waals surface area contributed by atoms with Gasteiger partial charge in [0.05, 0.1) is 17.6 Å². The molecule has 130 valence electrons. The number of aromatic nitrogens is 2. The smallest absolute Gasteiger partial charge is 0.246 e. The monoisotopic (exact) mass is 331 g/mol. The number of fused-ring (bicyclic) bond motifs is 1. The Kier molecular flexibility index (Phi) is 5.16. The van der Waals surface area contributed by atoms with Crippen molar-refractivity contribution in [3.8, 4) is 0 Å². The minimum atomic E-state index is -0.0932. The van der Waals surface area contributed by atoms with Crippen LogP contribution in [0.2, 0.25) is 0 Å². The van der Waals surface area contributed by atoms with Crippen molar-refractivity contribution in [1.29, 1.82) is 0 Å². The summed E-state index contributed by atoms with van der Waals surface area (Å²) in [5.41, 5.74) is 3.21. The van der Waals surface area contributed by atoms with E-state index in [2.05, 4.69) is 15.3 Å². The van der Waals surface area contributed by atoms with E-state index in [1.165, 1.54) is 12.0 Å². The van der Waals surface area contributed by atoms with E-state index in [1.807, 2.05) is 25.1 Å². The molecule has 0 spiro atoms. The average molecular weight is 331 g/mol. The van der Waals surface area contributed by atoms with Crippen molar-refractivity contribution in [2.24, 2.45) is 5.41 Å². The number of rotatable bonds is 8. The molecule has 0 radical (unpaired) electrons. The first-order valence-electron chi connectivity index (χ1n) is 8.39. The van der Waals surface area contributed by atoms with E-state index in [-0.39, 0.29) is 17.9 Å². The van der Waals surface area contributed by atoms with Gasteiger partial charge in [0.2, 0.25) is 5.91 Å². The number of imidazole rings is 1. The lowest BCUT2D eigenvalue weighted by atomic mass is 9.69. The summed E-state index contributed by atoms with van der Waals surface area (Å²) in [6.45, 7) is 3.74. The molecule has 6 heteroatoms. The Labute approximate surface area is 141 Å². The Morgan fingerprint density at radius 3 is 2.96 bits per heavy atom. The van der Waals surface area contributed by atoms with E-state index in [0.29, 0.717) is 19.8 Å². The molecule has 1 fully saturated rings. The van der Waals surface area contributed by atoms with E-state index in [0.717, 1.165) is 29.7 Å². The standard InChI is InChI=1S/C18H25N3O3/c1-13-4-5-14-15(8-13)21-16(20-14)9-24-10-17(22)19-11-18(12-23-2)6-3-7-18/h4-5,8H,3,6-7,9-12H2,1-2H3,(H,19,22)(H,20,21). The van der Waals surface area contributed by atoms with Crippen LogP contribution in [0.25, 0.3) is 11.0 Å². The van der Waals surface area contributed by atoms with Crippen LogP contribution in [-0.2, 0) is 20.9 Å². The molecule has 1 aliphatic carbocycles. The average Bonchev–Trinajstić information content (AvgIpc) is 2.91. The van der Waals surface area contributed by atoms with E-state index >= 15 is 0 Å². The Morgan fingerprint density at radius 1 is 1.42 bits per heavy atom. The molecule has 0 aliphatic heterocycles. The molecule has 2 aromatic rings. The lowest BCUT2D eigenvalue weighted by Gasteiger charge is -2.41. The van der Waals surface area contributed by atoms with Crippen LogP contribution in [0, 0.1) is 12.3 Å². The Morgan fingerprint density at radius 2 is 2.25 bits per heavy atom. The molecule has 1 heterocycles. The van der Waals surface area contributed by atoms with Gasteiger partial charge in [-0.2, -0.15) is 0 Å². The van der Waals surface area contributed by atoms with Gasteiger partial charge < -0.3 is 19.8 Å². The van der Waals surface area contributed by atoms with Crippen molar-refractivity contribution >= 4 is 16.9 Å². The zero-order valence-corrected chi connectivity index (χ0v) is 14.4. The number of nitrogens with one attached hydrogen (secondary N) is 2. The zero-order valence-electron chi connectivity index (χ0n) is 14.4. The maximum Gasteiger partial charge on any atom is 0.246 e. The maximum atomic E-state index is 11.9. The summed E-state index contributed by atoms with van der Waals surface area (Å²) in [5, 5.41) is 2.96. The molecule has 24 heavy (non-hydrogen) atoms. The summed E-state index contributed by atoms with van der Waals surface area (Å²) in [6.07, 6.45) is 3.43. The first-order chi connectivity index (χ1) is 11.6. The molecule has 1 aromatic carbocycles. The summed E-state index contributed by atoms with van der Waals surface area (Å²) in [7, 11) is 1.71. The molecule has 1 aliphatic rings. The number of benzene rings is 1. The molecule has 1 saturated carbocycles. The zero-order chi connectivity index (χ0) is 17.0. The lowest BCUT2D eigenvalue weighted by Crippen LogP contribution is -2.45. The second-order valence-corrected chi connectivity index (χ2v) is 6.76. The fourth-order valence-electron chi connectivity index (χ4n) is 3.18. The fraction of sp³-hybridized carbons (Fsp3) is 0.556. The molecule has 2 N–H and O–H groups in total. The second kappa shape index (κ2) is 7.32. The van der Waals surface area contributed by atoms with Gasteiger partial charge in [0.1, 0.15) is 19.0 Å². The van der Waals surface area contributed by atoms with E-state index in [1.54, 1.807) is 7.11 Å². The van der Waals surface area contributed by atoms with Crippen LogP contribution in [0.15, 0.2) is 18.2 Å². The molecule has 0 unspecified atom stereocenters. The molecule has 1 aromatic heterocycles. The summed E-state index contributed by atoms with van der Waals surface area (Å²) < 4.78 is 10.7. The first kappa shape index (κ1) is 16.9. The normalized spacial score (nSPS) is 16.1. The van der Waals surface area contributed by atoms with Gasteiger partial charge >= 0.3 is 0 Å². The maximum absolute atomic E-state index is 11.9. The van der Waals surface area contributed by atoms with Crippen molar-refractivity contribution in [3.05, 3.63) is 29.6 Å². The number of methoxy groups -OCH3 is 1. The fourth-order valence-corrected chi connectivity index (χ4v) is 3.18. The number of amides is 1. The number of hydrogen-bond acceptors (Lipinski definition) is 4. The highest BCUT2D eigenvalue weighted by Crippen LogP contribution is 2.40. The Bertz CT molecular complexity index is 707. The van der Waals surface area contributed by atoms with Gasteiger partial charge in [0.15, 0.2) is 0 Å².